The Hall–Kier alpha value is -3.45. The first kappa shape index (κ1) is 22.7. The number of nitrogens with one attached hydrogen (secondary N) is 1. The van der Waals surface area contributed by atoms with Crippen molar-refractivity contribution in [1.29, 1.82) is 0 Å². The lowest BCUT2D eigenvalue weighted by Crippen LogP contribution is -2.45. The van der Waals surface area contributed by atoms with Crippen LogP contribution < -0.4 is 15.0 Å². The fraction of sp³-hybridized carbons (Fsp3) is 0.308. The van der Waals surface area contributed by atoms with Gasteiger partial charge in [0.25, 0.3) is 5.91 Å². The summed E-state index contributed by atoms with van der Waals surface area (Å²) in [6.45, 7) is 6.43. The number of pyridine rings is 1. The van der Waals surface area contributed by atoms with Crippen LogP contribution in [0.2, 0.25) is 0 Å². The van der Waals surface area contributed by atoms with Crippen LogP contribution in [0.5, 0.6) is 5.75 Å². The molecule has 1 aromatic heterocycles. The second kappa shape index (κ2) is 10.4. The third-order valence-electron chi connectivity index (χ3n) is 5.42. The molecule has 7 heteroatoms. The summed E-state index contributed by atoms with van der Waals surface area (Å²) in [4.78, 5) is 19.4. The maximum Gasteiger partial charge on any atom is 0.251 e. The van der Waals surface area contributed by atoms with Gasteiger partial charge in [-0.3, -0.25) is 4.79 Å². The molecule has 1 fully saturated rings. The van der Waals surface area contributed by atoms with Gasteiger partial charge in [-0.25, -0.2) is 9.37 Å². The molecule has 0 saturated carbocycles. The van der Waals surface area contributed by atoms with Crippen molar-refractivity contribution >= 4 is 11.7 Å². The minimum atomic E-state index is -0.285. The molecule has 6 nitrogen and oxygen atoms in total. The lowest BCUT2D eigenvalue weighted by Gasteiger charge is -2.36. The van der Waals surface area contributed by atoms with Crippen molar-refractivity contribution in [3.05, 3.63) is 89.4 Å². The predicted molar refractivity (Wildman–Crippen MR) is 125 cm³/mol. The van der Waals surface area contributed by atoms with Crippen LogP contribution in [0, 0.1) is 5.82 Å². The molecule has 1 saturated heterocycles. The van der Waals surface area contributed by atoms with Gasteiger partial charge in [-0.1, -0.05) is 24.3 Å². The van der Waals surface area contributed by atoms with E-state index in [9.17, 15) is 9.18 Å². The quantitative estimate of drug-likeness (QED) is 0.581. The Morgan fingerprint density at radius 1 is 1.09 bits per heavy atom. The first-order valence-electron chi connectivity index (χ1n) is 11.1. The van der Waals surface area contributed by atoms with Gasteiger partial charge < -0.3 is 19.7 Å². The second-order valence-electron chi connectivity index (χ2n) is 8.31. The number of halogens is 1. The standard InChI is InChI=1S/C26H28FN3O3/c1-18-15-30(16-19(2)33-18)25-11-8-21(13-28-25)14-29-26(31)22-4-3-5-24(12-22)32-17-20-6-9-23(27)10-7-20/h3-13,18-19H,14-17H2,1-2H3,(H,29,31). The number of morpholine rings is 1. The van der Waals surface area contributed by atoms with Crippen molar-refractivity contribution < 1.29 is 18.7 Å². The van der Waals surface area contributed by atoms with Crippen molar-refractivity contribution in [3.8, 4) is 5.75 Å². The molecule has 2 unspecified atom stereocenters. The van der Waals surface area contributed by atoms with Crippen LogP contribution in [0.1, 0.15) is 35.3 Å². The van der Waals surface area contributed by atoms with Gasteiger partial charge in [0.2, 0.25) is 0 Å². The Morgan fingerprint density at radius 2 is 1.82 bits per heavy atom. The monoisotopic (exact) mass is 449 g/mol. The van der Waals surface area contributed by atoms with E-state index in [1.807, 2.05) is 12.1 Å². The Kier molecular flexibility index (Phi) is 7.19. The molecular weight excluding hydrogens is 421 g/mol. The maximum atomic E-state index is 13.0. The summed E-state index contributed by atoms with van der Waals surface area (Å²) >= 11 is 0. The largest absolute Gasteiger partial charge is 0.489 e. The molecule has 2 atom stereocenters. The molecule has 2 heterocycles. The summed E-state index contributed by atoms with van der Waals surface area (Å²) in [7, 11) is 0. The number of rotatable bonds is 7. The zero-order valence-electron chi connectivity index (χ0n) is 18.8. The highest BCUT2D eigenvalue weighted by Crippen LogP contribution is 2.19. The minimum absolute atomic E-state index is 0.171. The molecule has 0 bridgehead atoms. The van der Waals surface area contributed by atoms with Crippen LogP contribution >= 0.6 is 0 Å². The number of amides is 1. The first-order chi connectivity index (χ1) is 16.0. The highest BCUT2D eigenvalue weighted by molar-refractivity contribution is 5.94. The summed E-state index contributed by atoms with van der Waals surface area (Å²) in [6, 6.07) is 17.1. The normalized spacial score (nSPS) is 18.1. The first-order valence-corrected chi connectivity index (χ1v) is 11.1. The summed E-state index contributed by atoms with van der Waals surface area (Å²) in [5.74, 6) is 1.01. The minimum Gasteiger partial charge on any atom is -0.489 e. The maximum absolute atomic E-state index is 13.0. The molecule has 33 heavy (non-hydrogen) atoms. The molecule has 4 rings (SSSR count). The summed E-state index contributed by atoms with van der Waals surface area (Å²) in [5, 5.41) is 2.93. The molecule has 1 N–H and O–H groups in total. The number of carbonyl (C=O) groups excluding carboxylic acids is 1. The van der Waals surface area contributed by atoms with Gasteiger partial charge in [-0.15, -0.1) is 0 Å². The van der Waals surface area contributed by atoms with Crippen LogP contribution in [0.15, 0.2) is 66.9 Å². The van der Waals surface area contributed by atoms with Crippen LogP contribution in [0.4, 0.5) is 10.2 Å². The van der Waals surface area contributed by atoms with Gasteiger partial charge in [0.05, 0.1) is 12.2 Å². The van der Waals surface area contributed by atoms with Crippen molar-refractivity contribution in [2.75, 3.05) is 18.0 Å². The summed E-state index contributed by atoms with van der Waals surface area (Å²) in [6.07, 6.45) is 2.14. The number of benzene rings is 2. The predicted octanol–water partition coefficient (Wildman–Crippen LogP) is 4.34. The van der Waals surface area contributed by atoms with Crippen molar-refractivity contribution in [3.63, 3.8) is 0 Å². The fourth-order valence-corrected chi connectivity index (χ4v) is 3.83. The third-order valence-corrected chi connectivity index (χ3v) is 5.42. The Balaban J connectivity index is 1.30. The molecule has 0 radical (unpaired) electrons. The van der Waals surface area contributed by atoms with E-state index >= 15 is 0 Å². The molecule has 1 amide bonds. The van der Waals surface area contributed by atoms with E-state index in [0.717, 1.165) is 30.0 Å². The molecule has 0 spiro atoms. The highest BCUT2D eigenvalue weighted by atomic mass is 19.1. The average molecular weight is 450 g/mol. The van der Waals surface area contributed by atoms with Gasteiger partial charge in [0.1, 0.15) is 24.0 Å². The number of hydrogen-bond donors (Lipinski definition) is 1. The average Bonchev–Trinajstić information content (AvgIpc) is 2.82. The number of carbonyl (C=O) groups is 1. The lowest BCUT2D eigenvalue weighted by molar-refractivity contribution is -0.00546. The molecule has 1 aliphatic heterocycles. The smallest absolute Gasteiger partial charge is 0.251 e. The Morgan fingerprint density at radius 3 is 2.52 bits per heavy atom. The van der Waals surface area contributed by atoms with Crippen LogP contribution in [0.3, 0.4) is 0 Å². The second-order valence-corrected chi connectivity index (χ2v) is 8.31. The van der Waals surface area contributed by atoms with E-state index in [2.05, 4.69) is 29.0 Å². The molecule has 3 aromatic rings. The van der Waals surface area contributed by atoms with E-state index in [-0.39, 0.29) is 23.9 Å². The SMILES string of the molecule is CC1CN(c2ccc(CNC(=O)c3cccc(OCc4ccc(F)cc4)c3)cn2)CC(C)O1. The van der Waals surface area contributed by atoms with E-state index in [4.69, 9.17) is 9.47 Å². The molecule has 0 aliphatic carbocycles. The van der Waals surface area contributed by atoms with Crippen LogP contribution in [0.25, 0.3) is 0 Å². The Bertz CT molecular complexity index is 1060. The van der Waals surface area contributed by atoms with Gasteiger partial charge in [0, 0.05) is 31.4 Å². The van der Waals surface area contributed by atoms with E-state index < -0.39 is 0 Å². The highest BCUT2D eigenvalue weighted by Gasteiger charge is 2.23. The number of nitrogens with zero attached hydrogens (tertiary/aromatic N) is 2. The van der Waals surface area contributed by atoms with Gasteiger partial charge >= 0.3 is 0 Å². The molecule has 172 valence electrons. The topological polar surface area (TPSA) is 63.7 Å². The van der Waals surface area contributed by atoms with Crippen molar-refractivity contribution in [2.24, 2.45) is 0 Å². The van der Waals surface area contributed by atoms with Gasteiger partial charge in [-0.2, -0.15) is 0 Å². The number of hydrogen-bond acceptors (Lipinski definition) is 5. The lowest BCUT2D eigenvalue weighted by atomic mass is 10.2. The summed E-state index contributed by atoms with van der Waals surface area (Å²) < 4.78 is 24.5. The fourth-order valence-electron chi connectivity index (χ4n) is 3.83. The zero-order valence-corrected chi connectivity index (χ0v) is 18.8. The van der Waals surface area contributed by atoms with Crippen molar-refractivity contribution in [2.45, 2.75) is 39.2 Å². The molecule has 2 aromatic carbocycles. The zero-order chi connectivity index (χ0) is 23.2. The molecular formula is C26H28FN3O3. The van der Waals surface area contributed by atoms with Crippen LogP contribution in [-0.2, 0) is 17.9 Å². The van der Waals surface area contributed by atoms with E-state index in [1.165, 1.54) is 12.1 Å². The van der Waals surface area contributed by atoms with Crippen molar-refractivity contribution in [1.82, 2.24) is 10.3 Å². The number of ether oxygens (including phenoxy) is 2. The number of aromatic nitrogens is 1. The van der Waals surface area contributed by atoms with E-state index in [0.29, 0.717) is 24.5 Å². The molecule has 1 aliphatic rings. The van der Waals surface area contributed by atoms with Crippen LogP contribution in [-0.4, -0.2) is 36.2 Å². The third kappa shape index (κ3) is 6.29. The summed E-state index contributed by atoms with van der Waals surface area (Å²) in [5.41, 5.74) is 2.28. The van der Waals surface area contributed by atoms with Gasteiger partial charge in [0.15, 0.2) is 0 Å². The van der Waals surface area contributed by atoms with Gasteiger partial charge in [-0.05, 0) is 61.4 Å². The van der Waals surface area contributed by atoms with E-state index in [1.54, 1.807) is 42.6 Å². The number of anilines is 1. The Labute approximate surface area is 193 Å².